The molecule has 1 aliphatic rings. The van der Waals surface area contributed by atoms with Gasteiger partial charge in [0.15, 0.2) is 11.0 Å². The van der Waals surface area contributed by atoms with Crippen molar-refractivity contribution < 1.29 is 14.4 Å². The first kappa shape index (κ1) is 20.1. The summed E-state index contributed by atoms with van der Waals surface area (Å²) in [5, 5.41) is 3.17. The molecule has 0 spiro atoms. The van der Waals surface area contributed by atoms with E-state index >= 15 is 0 Å². The van der Waals surface area contributed by atoms with Crippen LogP contribution in [0.1, 0.15) is 22.3 Å². The van der Waals surface area contributed by atoms with Crippen molar-refractivity contribution in [1.82, 2.24) is 4.90 Å². The number of anilines is 1. The second-order valence-electron chi connectivity index (χ2n) is 6.15. The molecular weight excluding hydrogens is 398 g/mol. The Labute approximate surface area is 172 Å². The van der Waals surface area contributed by atoms with E-state index in [0.29, 0.717) is 27.0 Å². The topological polar surface area (TPSA) is 78.8 Å². The van der Waals surface area contributed by atoms with Gasteiger partial charge in [0.2, 0.25) is 11.8 Å². The van der Waals surface area contributed by atoms with Gasteiger partial charge >= 0.3 is 0 Å². The number of thioether (sulfide) groups is 1. The number of carbonyl (C=O) groups is 3. The van der Waals surface area contributed by atoms with Crippen molar-refractivity contribution in [2.45, 2.75) is 11.7 Å². The molecule has 1 heterocycles. The lowest BCUT2D eigenvalue weighted by atomic mass is 10.0. The molecule has 2 aromatic carbocycles. The molecule has 1 unspecified atom stereocenters. The fourth-order valence-electron chi connectivity index (χ4n) is 2.83. The van der Waals surface area contributed by atoms with Crippen LogP contribution in [0.5, 0.6) is 0 Å². The molecule has 2 aromatic rings. The van der Waals surface area contributed by atoms with Crippen molar-refractivity contribution >= 4 is 51.8 Å². The Bertz CT molecular complexity index is 962. The first-order chi connectivity index (χ1) is 13.4. The third-order valence-corrected chi connectivity index (χ3v) is 5.79. The van der Waals surface area contributed by atoms with E-state index in [1.807, 2.05) is 6.07 Å². The summed E-state index contributed by atoms with van der Waals surface area (Å²) in [5.41, 5.74) is 1.15. The van der Waals surface area contributed by atoms with E-state index in [4.69, 9.17) is 11.6 Å². The molecule has 1 saturated heterocycles. The van der Waals surface area contributed by atoms with E-state index in [-0.39, 0.29) is 24.0 Å². The van der Waals surface area contributed by atoms with E-state index in [0.717, 1.165) is 0 Å². The van der Waals surface area contributed by atoms with Crippen molar-refractivity contribution in [3.05, 3.63) is 64.7 Å². The molecule has 3 rings (SSSR count). The summed E-state index contributed by atoms with van der Waals surface area (Å²) < 4.78 is 0. The van der Waals surface area contributed by atoms with Crippen LogP contribution in [0, 0.1) is 0 Å². The van der Waals surface area contributed by atoms with Crippen LogP contribution in [0.3, 0.4) is 0 Å². The van der Waals surface area contributed by atoms with Crippen LogP contribution in [0.25, 0.3) is 0 Å². The quantitative estimate of drug-likeness (QED) is 0.758. The Morgan fingerprint density at radius 1 is 1.21 bits per heavy atom. The third-order valence-electron chi connectivity index (χ3n) is 4.24. The number of halogens is 1. The van der Waals surface area contributed by atoms with Crippen molar-refractivity contribution in [2.24, 2.45) is 4.99 Å². The van der Waals surface area contributed by atoms with Crippen molar-refractivity contribution in [3.63, 3.8) is 0 Å². The normalized spacial score (nSPS) is 17.8. The Morgan fingerprint density at radius 3 is 2.57 bits per heavy atom. The van der Waals surface area contributed by atoms with Gasteiger partial charge in [-0.2, -0.15) is 0 Å². The van der Waals surface area contributed by atoms with Gasteiger partial charge in [0.1, 0.15) is 5.25 Å². The van der Waals surface area contributed by atoms with Crippen molar-refractivity contribution in [2.75, 3.05) is 19.4 Å². The lowest BCUT2D eigenvalue weighted by molar-refractivity contribution is -0.127. The number of benzene rings is 2. The average Bonchev–Trinajstić information content (AvgIpc) is 2.97. The Balaban J connectivity index is 1.78. The summed E-state index contributed by atoms with van der Waals surface area (Å²) >= 11 is 7.31. The highest BCUT2D eigenvalue weighted by atomic mass is 35.5. The molecular formula is C20H18ClN3O3S. The number of hydrogen-bond acceptors (Lipinski definition) is 5. The van der Waals surface area contributed by atoms with E-state index in [9.17, 15) is 14.4 Å². The Kier molecular flexibility index (Phi) is 6.16. The second-order valence-corrected chi connectivity index (χ2v) is 7.75. The predicted octanol–water partition coefficient (Wildman–Crippen LogP) is 3.46. The molecule has 144 valence electrons. The molecule has 1 atom stereocenters. The number of aliphatic imine (C=N–C) groups is 1. The highest BCUT2D eigenvalue weighted by molar-refractivity contribution is 8.15. The van der Waals surface area contributed by atoms with Crippen LogP contribution < -0.4 is 5.32 Å². The van der Waals surface area contributed by atoms with Gasteiger partial charge in [0, 0.05) is 36.7 Å². The molecule has 28 heavy (non-hydrogen) atoms. The number of nitrogens with zero attached hydrogens (tertiary/aromatic N) is 2. The number of nitrogens with one attached hydrogen (secondary N) is 1. The SMILES string of the molecule is CN=C1SC(CC(=O)Nc2ccc(Cl)cc2C(=O)c2ccccc2)C(=O)N1C. The fraction of sp³-hybridized carbons (Fsp3) is 0.200. The summed E-state index contributed by atoms with van der Waals surface area (Å²) in [4.78, 5) is 43.1. The average molecular weight is 416 g/mol. The van der Waals surface area contributed by atoms with Gasteiger partial charge in [-0.15, -0.1) is 0 Å². The lowest BCUT2D eigenvalue weighted by Crippen LogP contribution is -2.30. The minimum absolute atomic E-state index is 0.0194. The molecule has 0 saturated carbocycles. The Morgan fingerprint density at radius 2 is 1.93 bits per heavy atom. The lowest BCUT2D eigenvalue weighted by Gasteiger charge is -2.12. The summed E-state index contributed by atoms with van der Waals surface area (Å²) in [6.45, 7) is 0. The second kappa shape index (κ2) is 8.58. The zero-order valence-corrected chi connectivity index (χ0v) is 16.9. The summed E-state index contributed by atoms with van der Waals surface area (Å²) in [6.07, 6.45) is -0.0194. The molecule has 1 N–H and O–H groups in total. The van der Waals surface area contributed by atoms with Crippen molar-refractivity contribution in [3.8, 4) is 0 Å². The van der Waals surface area contributed by atoms with Crippen LogP contribution in [0.2, 0.25) is 5.02 Å². The molecule has 2 amide bonds. The van der Waals surface area contributed by atoms with Gasteiger partial charge in [-0.05, 0) is 18.2 Å². The van der Waals surface area contributed by atoms with E-state index in [1.165, 1.54) is 22.7 Å². The zero-order chi connectivity index (χ0) is 20.3. The molecule has 0 aromatic heterocycles. The molecule has 1 fully saturated rings. The van der Waals surface area contributed by atoms with E-state index in [2.05, 4.69) is 10.3 Å². The molecule has 0 radical (unpaired) electrons. The van der Waals surface area contributed by atoms with Gasteiger partial charge < -0.3 is 5.32 Å². The first-order valence-electron chi connectivity index (χ1n) is 8.51. The number of ketones is 1. The van der Waals surface area contributed by atoms with Gasteiger partial charge in [0.25, 0.3) is 0 Å². The third kappa shape index (κ3) is 4.26. The summed E-state index contributed by atoms with van der Waals surface area (Å²) in [7, 11) is 3.23. The number of rotatable bonds is 5. The monoisotopic (exact) mass is 415 g/mol. The summed E-state index contributed by atoms with van der Waals surface area (Å²) in [6, 6.07) is 13.5. The van der Waals surface area contributed by atoms with Crippen LogP contribution in [-0.4, -0.2) is 47.0 Å². The minimum Gasteiger partial charge on any atom is -0.325 e. The van der Waals surface area contributed by atoms with Gasteiger partial charge in [-0.3, -0.25) is 24.3 Å². The number of amides is 2. The first-order valence-corrected chi connectivity index (χ1v) is 9.76. The number of carbonyl (C=O) groups excluding carboxylic acids is 3. The van der Waals surface area contributed by atoms with Gasteiger partial charge in [-0.1, -0.05) is 53.7 Å². The van der Waals surface area contributed by atoms with E-state index < -0.39 is 5.25 Å². The smallest absolute Gasteiger partial charge is 0.242 e. The fourth-order valence-corrected chi connectivity index (χ4v) is 4.10. The number of hydrogen-bond donors (Lipinski definition) is 1. The Hall–Kier alpha value is -2.64. The van der Waals surface area contributed by atoms with Crippen molar-refractivity contribution in [1.29, 1.82) is 0 Å². The van der Waals surface area contributed by atoms with Crippen LogP contribution in [0.4, 0.5) is 5.69 Å². The maximum atomic E-state index is 12.8. The van der Waals surface area contributed by atoms with Gasteiger partial charge in [-0.25, -0.2) is 0 Å². The van der Waals surface area contributed by atoms with E-state index in [1.54, 1.807) is 50.5 Å². The highest BCUT2D eigenvalue weighted by Crippen LogP contribution is 2.29. The maximum Gasteiger partial charge on any atom is 0.242 e. The highest BCUT2D eigenvalue weighted by Gasteiger charge is 2.36. The molecule has 6 nitrogen and oxygen atoms in total. The molecule has 0 bridgehead atoms. The van der Waals surface area contributed by atoms with Crippen LogP contribution in [0.15, 0.2) is 53.5 Å². The summed E-state index contributed by atoms with van der Waals surface area (Å²) in [5.74, 6) is -0.775. The minimum atomic E-state index is -0.538. The largest absolute Gasteiger partial charge is 0.325 e. The maximum absolute atomic E-state index is 12.8. The standard InChI is InChI=1S/C20H18ClN3O3S/c1-22-20-24(2)19(27)16(28-20)11-17(25)23-15-9-8-13(21)10-14(15)18(26)12-6-4-3-5-7-12/h3-10,16H,11H2,1-2H3,(H,23,25). The molecule has 1 aliphatic heterocycles. The van der Waals surface area contributed by atoms with Crippen LogP contribution in [-0.2, 0) is 9.59 Å². The van der Waals surface area contributed by atoms with Crippen LogP contribution >= 0.6 is 23.4 Å². The molecule has 8 heteroatoms. The van der Waals surface area contributed by atoms with Gasteiger partial charge in [0.05, 0.1) is 5.69 Å². The molecule has 0 aliphatic carbocycles. The zero-order valence-electron chi connectivity index (χ0n) is 15.3. The number of amidine groups is 1. The predicted molar refractivity (Wildman–Crippen MR) is 112 cm³/mol.